The monoisotopic (exact) mass is 329 g/mol. The fourth-order valence-electron chi connectivity index (χ4n) is 2.98. The van der Waals surface area contributed by atoms with Gasteiger partial charge in [0.15, 0.2) is 5.78 Å². The Morgan fingerprint density at radius 2 is 1.92 bits per heavy atom. The Morgan fingerprint density at radius 1 is 1.12 bits per heavy atom. The lowest BCUT2D eigenvalue weighted by atomic mass is 9.99. The van der Waals surface area contributed by atoms with Crippen LogP contribution in [0.5, 0.6) is 0 Å². The van der Waals surface area contributed by atoms with E-state index in [2.05, 4.69) is 9.97 Å². The number of likely N-dealkylation sites (N-methyl/N-ethyl adjacent to an activating group) is 1. The predicted octanol–water partition coefficient (Wildman–Crippen LogP) is 3.16. The quantitative estimate of drug-likeness (QED) is 0.593. The number of amides is 1. The highest BCUT2D eigenvalue weighted by atomic mass is 16.2. The molecular weight excluding hydrogens is 314 g/mol. The van der Waals surface area contributed by atoms with Crippen molar-refractivity contribution in [3.05, 3.63) is 83.4 Å². The summed E-state index contributed by atoms with van der Waals surface area (Å²) >= 11 is 0. The van der Waals surface area contributed by atoms with E-state index in [0.717, 1.165) is 16.9 Å². The molecule has 4 rings (SSSR count). The van der Waals surface area contributed by atoms with Crippen molar-refractivity contribution in [3.8, 4) is 0 Å². The first kappa shape index (κ1) is 15.1. The molecule has 1 aromatic heterocycles. The van der Waals surface area contributed by atoms with Gasteiger partial charge in [-0.3, -0.25) is 9.59 Å². The molecule has 0 bridgehead atoms. The van der Waals surface area contributed by atoms with Crippen LogP contribution in [0.3, 0.4) is 0 Å². The van der Waals surface area contributed by atoms with Gasteiger partial charge in [0, 0.05) is 23.7 Å². The normalized spacial score (nSPS) is 14.8. The molecule has 0 saturated carbocycles. The van der Waals surface area contributed by atoms with E-state index in [4.69, 9.17) is 0 Å². The summed E-state index contributed by atoms with van der Waals surface area (Å²) in [5.74, 6) is -0.163. The van der Waals surface area contributed by atoms with Gasteiger partial charge in [-0.2, -0.15) is 0 Å². The Hall–Kier alpha value is -3.47. The number of imidazole rings is 1. The average Bonchev–Trinajstić information content (AvgIpc) is 3.25. The van der Waals surface area contributed by atoms with Gasteiger partial charge in [-0.05, 0) is 12.1 Å². The maximum Gasteiger partial charge on any atom is 0.258 e. The van der Waals surface area contributed by atoms with Crippen LogP contribution >= 0.6 is 0 Å². The number of fused-ring (bicyclic) bond motifs is 1. The Balaban J connectivity index is 1.77. The topological polar surface area (TPSA) is 66.1 Å². The molecule has 3 aromatic rings. The molecule has 0 radical (unpaired) electrons. The van der Waals surface area contributed by atoms with E-state index >= 15 is 0 Å². The van der Waals surface area contributed by atoms with Crippen molar-refractivity contribution in [2.24, 2.45) is 0 Å². The number of hydrogen-bond donors (Lipinski definition) is 1. The van der Waals surface area contributed by atoms with Crippen molar-refractivity contribution >= 4 is 29.0 Å². The molecule has 2 heterocycles. The number of carbonyl (C=O) groups is 2. The fourth-order valence-corrected chi connectivity index (χ4v) is 2.98. The van der Waals surface area contributed by atoms with Crippen LogP contribution in [0.25, 0.3) is 11.6 Å². The van der Waals surface area contributed by atoms with Crippen LogP contribution in [-0.4, -0.2) is 28.7 Å². The Kier molecular flexibility index (Phi) is 3.54. The Bertz CT molecular complexity index is 989. The third kappa shape index (κ3) is 2.55. The minimum absolute atomic E-state index is 0.0600. The lowest BCUT2D eigenvalue weighted by Crippen LogP contribution is -2.20. The highest BCUT2D eigenvalue weighted by molar-refractivity contribution is 6.35. The first-order valence-corrected chi connectivity index (χ1v) is 7.87. The van der Waals surface area contributed by atoms with Crippen molar-refractivity contribution in [1.82, 2.24) is 9.97 Å². The van der Waals surface area contributed by atoms with Crippen LogP contribution in [0, 0.1) is 0 Å². The second kappa shape index (κ2) is 5.87. The van der Waals surface area contributed by atoms with Crippen molar-refractivity contribution in [2.75, 3.05) is 11.9 Å². The minimum atomic E-state index is -0.103. The number of hydrogen-bond acceptors (Lipinski definition) is 3. The fraction of sp³-hybridized carbons (Fsp3) is 0.0500. The Morgan fingerprint density at radius 3 is 2.64 bits per heavy atom. The summed E-state index contributed by atoms with van der Waals surface area (Å²) in [5, 5.41) is 0. The number of anilines is 1. The minimum Gasteiger partial charge on any atom is -0.345 e. The van der Waals surface area contributed by atoms with Gasteiger partial charge < -0.3 is 9.88 Å². The van der Waals surface area contributed by atoms with Crippen molar-refractivity contribution in [3.63, 3.8) is 0 Å². The molecule has 1 N–H and O–H groups in total. The molecule has 1 amide bonds. The van der Waals surface area contributed by atoms with Crippen LogP contribution in [0.2, 0.25) is 0 Å². The van der Waals surface area contributed by atoms with Gasteiger partial charge in [0.1, 0.15) is 0 Å². The van der Waals surface area contributed by atoms with Gasteiger partial charge in [0.2, 0.25) is 0 Å². The van der Waals surface area contributed by atoms with E-state index in [1.54, 1.807) is 54.8 Å². The lowest BCUT2D eigenvalue weighted by Gasteiger charge is -2.10. The molecule has 1 aliphatic rings. The molecule has 0 atom stereocenters. The van der Waals surface area contributed by atoms with E-state index in [0.29, 0.717) is 16.7 Å². The molecule has 2 aromatic carbocycles. The molecule has 25 heavy (non-hydrogen) atoms. The predicted molar refractivity (Wildman–Crippen MR) is 96.2 cm³/mol. The van der Waals surface area contributed by atoms with E-state index in [1.807, 2.05) is 24.3 Å². The number of nitrogens with zero attached hydrogens (tertiary/aromatic N) is 2. The third-order valence-electron chi connectivity index (χ3n) is 4.30. The van der Waals surface area contributed by atoms with Crippen LogP contribution in [0.15, 0.2) is 61.1 Å². The van der Waals surface area contributed by atoms with Crippen molar-refractivity contribution in [2.45, 2.75) is 0 Å². The van der Waals surface area contributed by atoms with Gasteiger partial charge >= 0.3 is 0 Å². The zero-order chi connectivity index (χ0) is 17.4. The van der Waals surface area contributed by atoms with Crippen LogP contribution in [-0.2, 0) is 4.79 Å². The third-order valence-corrected chi connectivity index (χ3v) is 4.30. The summed E-state index contributed by atoms with van der Waals surface area (Å²) in [4.78, 5) is 33.7. The maximum absolute atomic E-state index is 12.6. The summed E-state index contributed by atoms with van der Waals surface area (Å²) in [5.41, 5.74) is 4.08. The van der Waals surface area contributed by atoms with E-state index in [1.165, 1.54) is 0 Å². The smallest absolute Gasteiger partial charge is 0.258 e. The number of H-pyrrole nitrogens is 1. The van der Waals surface area contributed by atoms with E-state index < -0.39 is 0 Å². The lowest BCUT2D eigenvalue weighted by molar-refractivity contribution is -0.112. The second-order valence-electron chi connectivity index (χ2n) is 5.86. The number of benzene rings is 2. The first-order chi connectivity index (χ1) is 12.1. The zero-order valence-corrected chi connectivity index (χ0v) is 13.6. The summed E-state index contributed by atoms with van der Waals surface area (Å²) in [7, 11) is 1.71. The molecular formula is C20H15N3O2. The van der Waals surface area contributed by atoms with Crippen LogP contribution in [0.4, 0.5) is 5.69 Å². The first-order valence-electron chi connectivity index (χ1n) is 7.87. The molecule has 122 valence electrons. The zero-order valence-electron chi connectivity index (χ0n) is 13.6. The van der Waals surface area contributed by atoms with E-state index in [9.17, 15) is 9.59 Å². The van der Waals surface area contributed by atoms with Crippen molar-refractivity contribution < 1.29 is 9.59 Å². The van der Waals surface area contributed by atoms with Gasteiger partial charge in [-0.1, -0.05) is 42.5 Å². The standard InChI is InChI=1S/C20H15N3O2/c1-23-18-9-14(19(24)13-5-3-2-4-6-13)7-8-16(18)17(20(23)25)10-15-11-21-12-22-15/h2-12H,1H3,(H,21,22). The van der Waals surface area contributed by atoms with Gasteiger partial charge in [0.25, 0.3) is 5.91 Å². The number of aromatic amines is 1. The highest BCUT2D eigenvalue weighted by Crippen LogP contribution is 2.37. The second-order valence-corrected chi connectivity index (χ2v) is 5.86. The molecule has 0 fully saturated rings. The summed E-state index contributed by atoms with van der Waals surface area (Å²) < 4.78 is 0. The average molecular weight is 329 g/mol. The molecule has 5 nitrogen and oxygen atoms in total. The van der Waals surface area contributed by atoms with Crippen molar-refractivity contribution in [1.29, 1.82) is 0 Å². The maximum atomic E-state index is 12.6. The largest absolute Gasteiger partial charge is 0.345 e. The molecule has 0 aliphatic carbocycles. The molecule has 5 heteroatoms. The van der Waals surface area contributed by atoms with Gasteiger partial charge in [-0.15, -0.1) is 0 Å². The van der Waals surface area contributed by atoms with Gasteiger partial charge in [-0.25, -0.2) is 4.98 Å². The Labute approximate surface area is 144 Å². The molecule has 0 spiro atoms. The number of rotatable bonds is 3. The number of carbonyl (C=O) groups excluding carboxylic acids is 2. The summed E-state index contributed by atoms with van der Waals surface area (Å²) in [6.07, 6.45) is 5.00. The molecule has 1 aliphatic heterocycles. The van der Waals surface area contributed by atoms with Crippen LogP contribution in [0.1, 0.15) is 27.2 Å². The SMILES string of the molecule is CN1C(=O)C(=Cc2cnc[nH]2)c2ccc(C(=O)c3ccccc3)cc21. The number of aromatic nitrogens is 2. The number of nitrogens with one attached hydrogen (secondary N) is 1. The molecule has 0 unspecified atom stereocenters. The molecule has 0 saturated heterocycles. The number of ketones is 1. The summed E-state index contributed by atoms with van der Waals surface area (Å²) in [6, 6.07) is 14.5. The highest BCUT2D eigenvalue weighted by Gasteiger charge is 2.30. The van der Waals surface area contributed by atoms with Gasteiger partial charge in [0.05, 0.1) is 29.5 Å². The summed E-state index contributed by atoms with van der Waals surface area (Å²) in [6.45, 7) is 0. The van der Waals surface area contributed by atoms with E-state index in [-0.39, 0.29) is 11.7 Å². The van der Waals surface area contributed by atoms with Crippen LogP contribution < -0.4 is 4.90 Å².